The van der Waals surface area contributed by atoms with E-state index >= 15 is 0 Å². The van der Waals surface area contributed by atoms with E-state index in [0.29, 0.717) is 11.8 Å². The SMILES string of the molecule is C=C(CO)[C@@H]1CC[C@@H]2C(=CC[C@H]3[C@@]2(C)CC[C@H]2OC(C)(C)OC[C@]32C)[C@@H]1O. The van der Waals surface area contributed by atoms with E-state index in [1.54, 1.807) is 0 Å². The van der Waals surface area contributed by atoms with Crippen molar-refractivity contribution in [2.75, 3.05) is 13.2 Å². The molecule has 3 aliphatic carbocycles. The standard InChI is InChI=1S/C23H36O4/c1-14(12-24)15-6-8-17-16(20(15)25)7-9-18-22(17,4)11-10-19-23(18,5)13-26-21(2,3)27-19/h7,15,17-20,24-25H,1,6,8-13H2,2-5H3/t15-,17+,18-,19+,20+,22-,23+/m0/s1. The summed E-state index contributed by atoms with van der Waals surface area (Å²) in [6, 6.07) is 0. The van der Waals surface area contributed by atoms with Gasteiger partial charge in [0.1, 0.15) is 0 Å². The summed E-state index contributed by atoms with van der Waals surface area (Å²) in [6.45, 7) is 13.5. The molecule has 2 N–H and O–H groups in total. The Kier molecular flexibility index (Phi) is 4.66. The van der Waals surface area contributed by atoms with Gasteiger partial charge in [-0.3, -0.25) is 0 Å². The van der Waals surface area contributed by atoms with Crippen LogP contribution in [-0.4, -0.2) is 41.4 Å². The highest BCUT2D eigenvalue weighted by Crippen LogP contribution is 2.64. The number of hydrogen-bond donors (Lipinski definition) is 2. The highest BCUT2D eigenvalue weighted by atomic mass is 16.7. The fraction of sp³-hybridized carbons (Fsp3) is 0.826. The topological polar surface area (TPSA) is 58.9 Å². The van der Waals surface area contributed by atoms with Crippen LogP contribution in [0.3, 0.4) is 0 Å². The van der Waals surface area contributed by atoms with Crippen molar-refractivity contribution in [1.29, 1.82) is 0 Å². The molecule has 1 aliphatic heterocycles. The average Bonchev–Trinajstić information content (AvgIpc) is 2.62. The van der Waals surface area contributed by atoms with Gasteiger partial charge in [0.05, 0.1) is 25.4 Å². The van der Waals surface area contributed by atoms with Crippen molar-refractivity contribution in [3.8, 4) is 0 Å². The fourth-order valence-electron chi connectivity index (χ4n) is 6.85. The summed E-state index contributed by atoms with van der Waals surface area (Å²) in [4.78, 5) is 0. The molecule has 0 bridgehead atoms. The summed E-state index contributed by atoms with van der Waals surface area (Å²) in [5, 5.41) is 20.5. The molecule has 1 heterocycles. The largest absolute Gasteiger partial charge is 0.392 e. The maximum atomic E-state index is 11.0. The monoisotopic (exact) mass is 376 g/mol. The summed E-state index contributed by atoms with van der Waals surface area (Å²) in [5.41, 5.74) is 2.14. The molecule has 0 aromatic carbocycles. The molecule has 0 spiro atoms. The van der Waals surface area contributed by atoms with Gasteiger partial charge in [-0.1, -0.05) is 26.5 Å². The molecule has 0 amide bonds. The lowest BCUT2D eigenvalue weighted by Crippen LogP contribution is -2.63. The van der Waals surface area contributed by atoms with Crippen LogP contribution >= 0.6 is 0 Å². The molecule has 4 heteroatoms. The van der Waals surface area contributed by atoms with E-state index in [1.165, 1.54) is 5.57 Å². The first-order chi connectivity index (χ1) is 12.6. The van der Waals surface area contributed by atoms with Crippen LogP contribution in [0.4, 0.5) is 0 Å². The number of ether oxygens (including phenoxy) is 2. The normalized spacial score (nSPS) is 48.7. The zero-order valence-corrected chi connectivity index (χ0v) is 17.3. The lowest BCUT2D eigenvalue weighted by molar-refractivity contribution is -0.343. The third-order valence-corrected chi connectivity index (χ3v) is 8.43. The molecule has 4 nitrogen and oxygen atoms in total. The van der Waals surface area contributed by atoms with E-state index in [0.717, 1.165) is 44.3 Å². The zero-order chi connectivity index (χ0) is 19.6. The van der Waals surface area contributed by atoms with Gasteiger partial charge in [0.25, 0.3) is 0 Å². The molecule has 2 saturated carbocycles. The number of aliphatic hydroxyl groups excluding tert-OH is 2. The van der Waals surface area contributed by atoms with Crippen LogP contribution < -0.4 is 0 Å². The molecule has 0 aromatic rings. The first-order valence-corrected chi connectivity index (χ1v) is 10.6. The van der Waals surface area contributed by atoms with Gasteiger partial charge < -0.3 is 19.7 Å². The van der Waals surface area contributed by atoms with Crippen molar-refractivity contribution >= 4 is 0 Å². The van der Waals surface area contributed by atoms with E-state index in [-0.39, 0.29) is 29.5 Å². The Morgan fingerprint density at radius 3 is 2.63 bits per heavy atom. The van der Waals surface area contributed by atoms with Crippen LogP contribution in [0.15, 0.2) is 23.8 Å². The van der Waals surface area contributed by atoms with Gasteiger partial charge in [0.2, 0.25) is 0 Å². The van der Waals surface area contributed by atoms with Crippen LogP contribution in [0.25, 0.3) is 0 Å². The highest BCUT2D eigenvalue weighted by molar-refractivity contribution is 5.29. The van der Waals surface area contributed by atoms with Crippen molar-refractivity contribution < 1.29 is 19.7 Å². The van der Waals surface area contributed by atoms with E-state index in [1.807, 2.05) is 13.8 Å². The smallest absolute Gasteiger partial charge is 0.163 e. The minimum atomic E-state index is -0.496. The van der Waals surface area contributed by atoms with E-state index in [9.17, 15) is 10.2 Å². The molecule has 0 unspecified atom stereocenters. The third-order valence-electron chi connectivity index (χ3n) is 8.43. The van der Waals surface area contributed by atoms with E-state index < -0.39 is 11.9 Å². The molecule has 152 valence electrons. The first kappa shape index (κ1) is 19.6. The van der Waals surface area contributed by atoms with Crippen molar-refractivity contribution in [2.24, 2.45) is 28.6 Å². The first-order valence-electron chi connectivity index (χ1n) is 10.6. The quantitative estimate of drug-likeness (QED) is 0.719. The summed E-state index contributed by atoms with van der Waals surface area (Å²) < 4.78 is 12.5. The summed E-state index contributed by atoms with van der Waals surface area (Å²) in [5.74, 6) is 0.402. The van der Waals surface area contributed by atoms with Gasteiger partial charge in [-0.25, -0.2) is 0 Å². The second-order valence-corrected chi connectivity index (χ2v) is 10.3. The van der Waals surface area contributed by atoms with Crippen molar-refractivity contribution in [2.45, 2.75) is 77.8 Å². The number of allylic oxidation sites excluding steroid dienone is 1. The van der Waals surface area contributed by atoms with Crippen LogP contribution in [0.1, 0.15) is 59.8 Å². The van der Waals surface area contributed by atoms with Crippen molar-refractivity contribution in [3.63, 3.8) is 0 Å². The lowest BCUT2D eigenvalue weighted by atomic mass is 9.45. The number of rotatable bonds is 2. The Bertz CT molecular complexity index is 653. The van der Waals surface area contributed by atoms with E-state index in [4.69, 9.17) is 9.47 Å². The van der Waals surface area contributed by atoms with Crippen molar-refractivity contribution in [3.05, 3.63) is 23.8 Å². The van der Waals surface area contributed by atoms with Gasteiger partial charge in [-0.05, 0) is 74.3 Å². The minimum absolute atomic E-state index is 0.00766. The summed E-state index contributed by atoms with van der Waals surface area (Å²) >= 11 is 0. The molecular weight excluding hydrogens is 340 g/mol. The number of fused-ring (bicyclic) bond motifs is 5. The predicted molar refractivity (Wildman–Crippen MR) is 105 cm³/mol. The molecular formula is C23H36O4. The van der Waals surface area contributed by atoms with Crippen LogP contribution in [0, 0.1) is 28.6 Å². The van der Waals surface area contributed by atoms with Crippen LogP contribution in [-0.2, 0) is 9.47 Å². The summed E-state index contributed by atoms with van der Waals surface area (Å²) in [6.07, 6.45) is 7.17. The number of aliphatic hydroxyl groups is 2. The Morgan fingerprint density at radius 2 is 1.93 bits per heavy atom. The lowest BCUT2D eigenvalue weighted by Gasteiger charge is -2.64. The Morgan fingerprint density at radius 1 is 1.19 bits per heavy atom. The molecule has 4 rings (SSSR count). The Labute approximate surface area is 163 Å². The van der Waals surface area contributed by atoms with Gasteiger partial charge >= 0.3 is 0 Å². The van der Waals surface area contributed by atoms with Crippen LogP contribution in [0.2, 0.25) is 0 Å². The van der Waals surface area contributed by atoms with Crippen LogP contribution in [0.5, 0.6) is 0 Å². The second-order valence-electron chi connectivity index (χ2n) is 10.3. The molecule has 4 aliphatic rings. The van der Waals surface area contributed by atoms with Crippen molar-refractivity contribution in [1.82, 2.24) is 0 Å². The third kappa shape index (κ3) is 2.87. The Hall–Kier alpha value is -0.680. The molecule has 1 saturated heterocycles. The molecule has 7 atom stereocenters. The maximum Gasteiger partial charge on any atom is 0.163 e. The summed E-state index contributed by atoms with van der Waals surface area (Å²) in [7, 11) is 0. The van der Waals surface area contributed by atoms with Gasteiger partial charge in [0.15, 0.2) is 5.79 Å². The maximum absolute atomic E-state index is 11.0. The Balaban J connectivity index is 1.65. The predicted octanol–water partition coefficient (Wildman–Crippen LogP) is 3.83. The minimum Gasteiger partial charge on any atom is -0.392 e. The molecule has 0 aromatic heterocycles. The van der Waals surface area contributed by atoms with Gasteiger partial charge in [0, 0.05) is 11.3 Å². The van der Waals surface area contributed by atoms with Gasteiger partial charge in [-0.2, -0.15) is 0 Å². The zero-order valence-electron chi connectivity index (χ0n) is 17.3. The van der Waals surface area contributed by atoms with E-state index in [2.05, 4.69) is 26.5 Å². The molecule has 0 radical (unpaired) electrons. The molecule has 3 fully saturated rings. The fourth-order valence-corrected chi connectivity index (χ4v) is 6.85. The molecule has 27 heavy (non-hydrogen) atoms. The highest BCUT2D eigenvalue weighted by Gasteiger charge is 2.61. The average molecular weight is 377 g/mol. The second kappa shape index (κ2) is 6.41. The van der Waals surface area contributed by atoms with Gasteiger partial charge in [-0.15, -0.1) is 0 Å². The number of hydrogen-bond acceptors (Lipinski definition) is 4.